The summed E-state index contributed by atoms with van der Waals surface area (Å²) in [4.78, 5) is 0. The molecule has 12 heavy (non-hydrogen) atoms. The van der Waals surface area contributed by atoms with Crippen LogP contribution in [0.3, 0.4) is 0 Å². The van der Waals surface area contributed by atoms with Gasteiger partial charge in [-0.1, -0.05) is 13.8 Å². The van der Waals surface area contributed by atoms with Crippen molar-refractivity contribution < 1.29 is 8.85 Å². The maximum absolute atomic E-state index is 5.72. The van der Waals surface area contributed by atoms with E-state index in [1.807, 2.05) is 0 Å². The molecule has 0 radical (unpaired) electrons. The Bertz CT molecular complexity index is 201. The molecule has 1 aliphatic heterocycles. The van der Waals surface area contributed by atoms with Crippen LogP contribution in [0.2, 0.25) is 0 Å². The zero-order valence-corrected chi connectivity index (χ0v) is 9.85. The molecule has 0 saturated heterocycles. The molecule has 0 aromatic carbocycles. The first-order valence-electron chi connectivity index (χ1n) is 4.61. The molecule has 0 bridgehead atoms. The maximum atomic E-state index is 5.72. The van der Waals surface area contributed by atoms with Crippen molar-refractivity contribution in [3.05, 3.63) is 11.3 Å². The minimum Gasteiger partial charge on any atom is -0.528 e. The van der Waals surface area contributed by atoms with E-state index >= 15 is 0 Å². The lowest BCUT2D eigenvalue weighted by Gasteiger charge is -2.36. The highest BCUT2D eigenvalue weighted by Crippen LogP contribution is 2.31. The zero-order chi connectivity index (χ0) is 9.19. The van der Waals surface area contributed by atoms with E-state index in [0.717, 1.165) is 18.6 Å². The lowest BCUT2D eigenvalue weighted by molar-refractivity contribution is 0.0761. The van der Waals surface area contributed by atoms with Crippen molar-refractivity contribution in [2.45, 2.75) is 46.1 Å². The molecule has 0 aromatic heterocycles. The van der Waals surface area contributed by atoms with Gasteiger partial charge in [-0.05, 0) is 25.8 Å². The third-order valence-corrected chi connectivity index (χ3v) is 4.04. The van der Waals surface area contributed by atoms with Crippen LogP contribution in [0, 0.1) is 0 Å². The van der Waals surface area contributed by atoms with Crippen LogP contribution >= 0.6 is 0 Å². The summed E-state index contributed by atoms with van der Waals surface area (Å²) in [6, 6.07) is 0. The summed E-state index contributed by atoms with van der Waals surface area (Å²) in [6.45, 7) is 8.58. The molecule has 1 unspecified atom stereocenters. The fraction of sp³-hybridized carbons (Fsp3) is 0.778. The third-order valence-electron chi connectivity index (χ3n) is 2.82. The fourth-order valence-electron chi connectivity index (χ4n) is 1.48. The normalized spacial score (nSPS) is 32.3. The number of hydrogen-bond acceptors (Lipinski definition) is 2. The first-order valence-corrected chi connectivity index (χ1v) is 5.76. The van der Waals surface area contributed by atoms with Gasteiger partial charge in [0.15, 0.2) is 0 Å². The third kappa shape index (κ3) is 1.57. The van der Waals surface area contributed by atoms with Gasteiger partial charge in [0.05, 0.1) is 11.4 Å². The van der Waals surface area contributed by atoms with Crippen molar-refractivity contribution in [1.29, 1.82) is 0 Å². The van der Waals surface area contributed by atoms with Crippen LogP contribution in [-0.4, -0.2) is 15.6 Å². The average Bonchev–Trinajstić information content (AvgIpc) is 2.10. The minimum atomic E-state index is -0.755. The monoisotopic (exact) mass is 186 g/mol. The number of rotatable bonds is 2. The molecule has 1 heterocycles. The Kier molecular flexibility index (Phi) is 2.96. The minimum absolute atomic E-state index is 0.0319. The Morgan fingerprint density at radius 2 is 2.08 bits per heavy atom. The van der Waals surface area contributed by atoms with E-state index in [-0.39, 0.29) is 5.60 Å². The summed E-state index contributed by atoms with van der Waals surface area (Å²) in [5.41, 5.74) is 1.25. The summed E-state index contributed by atoms with van der Waals surface area (Å²) in [5.74, 6) is 1.16. The molecule has 70 valence electrons. The topological polar surface area (TPSA) is 18.5 Å². The van der Waals surface area contributed by atoms with E-state index in [9.17, 15) is 0 Å². The first-order chi connectivity index (χ1) is 5.64. The number of hydrogen-bond donors (Lipinski definition) is 0. The van der Waals surface area contributed by atoms with E-state index in [2.05, 4.69) is 27.7 Å². The zero-order valence-electron chi connectivity index (χ0n) is 8.44. The van der Waals surface area contributed by atoms with E-state index in [4.69, 9.17) is 8.85 Å². The van der Waals surface area contributed by atoms with Crippen LogP contribution in [0.25, 0.3) is 0 Å². The Morgan fingerprint density at radius 1 is 1.42 bits per heavy atom. The van der Waals surface area contributed by atoms with Crippen molar-refractivity contribution in [1.82, 2.24) is 0 Å². The van der Waals surface area contributed by atoms with Crippen molar-refractivity contribution >= 4 is 10.0 Å². The van der Waals surface area contributed by atoms with Crippen LogP contribution in [0.5, 0.6) is 0 Å². The van der Waals surface area contributed by atoms with Crippen molar-refractivity contribution in [2.24, 2.45) is 0 Å². The smallest absolute Gasteiger partial charge is 0.366 e. The van der Waals surface area contributed by atoms with Crippen LogP contribution in [0.15, 0.2) is 11.3 Å². The molecule has 0 saturated carbocycles. The molecule has 2 nitrogen and oxygen atoms in total. The van der Waals surface area contributed by atoms with Crippen molar-refractivity contribution in [2.75, 3.05) is 0 Å². The van der Waals surface area contributed by atoms with E-state index in [1.165, 1.54) is 5.57 Å². The second kappa shape index (κ2) is 3.62. The molecule has 0 spiro atoms. The highest BCUT2D eigenvalue weighted by molar-refractivity contribution is 6.19. The van der Waals surface area contributed by atoms with Gasteiger partial charge in [0.25, 0.3) is 0 Å². The van der Waals surface area contributed by atoms with E-state index < -0.39 is 10.0 Å². The fourth-order valence-corrected chi connectivity index (χ4v) is 2.78. The van der Waals surface area contributed by atoms with Crippen LogP contribution in [0.1, 0.15) is 40.5 Å². The molecule has 3 heteroatoms. The summed E-state index contributed by atoms with van der Waals surface area (Å²) in [7, 11) is -0.755. The average molecular weight is 186 g/mol. The molecular weight excluding hydrogens is 168 g/mol. The van der Waals surface area contributed by atoms with Gasteiger partial charge >= 0.3 is 10.0 Å². The molecule has 0 N–H and O–H groups in total. The van der Waals surface area contributed by atoms with Crippen LogP contribution in [0.4, 0.5) is 0 Å². The molecule has 0 aliphatic carbocycles. The lowest BCUT2D eigenvalue weighted by atomic mass is 9.93. The SMILES string of the molecule is CCC1=C(C)C(C)(CC)O[SiH2]O1. The van der Waals surface area contributed by atoms with Gasteiger partial charge in [-0.3, -0.25) is 0 Å². The standard InChI is InChI=1S/C9H18O2Si/c1-5-8-7(3)9(4,6-2)11-12-10-8/h5-6,12H2,1-4H3. The van der Waals surface area contributed by atoms with E-state index in [1.54, 1.807) is 0 Å². The molecule has 0 amide bonds. The van der Waals surface area contributed by atoms with E-state index in [0.29, 0.717) is 0 Å². The summed E-state index contributed by atoms with van der Waals surface area (Å²) >= 11 is 0. The number of allylic oxidation sites excluding steroid dienone is 1. The highest BCUT2D eigenvalue weighted by atomic mass is 28.3. The molecule has 0 aromatic rings. The van der Waals surface area contributed by atoms with Gasteiger partial charge in [-0.2, -0.15) is 0 Å². The second-order valence-electron chi connectivity index (χ2n) is 3.39. The molecule has 1 aliphatic rings. The Hall–Kier alpha value is -0.283. The van der Waals surface area contributed by atoms with Crippen molar-refractivity contribution in [3.63, 3.8) is 0 Å². The van der Waals surface area contributed by atoms with Gasteiger partial charge in [-0.25, -0.2) is 0 Å². The Labute approximate surface area is 77.0 Å². The molecular formula is C9H18O2Si. The lowest BCUT2D eigenvalue weighted by Crippen LogP contribution is -2.36. The second-order valence-corrected chi connectivity index (χ2v) is 4.21. The van der Waals surface area contributed by atoms with Gasteiger partial charge in [0, 0.05) is 6.42 Å². The first kappa shape index (κ1) is 9.80. The van der Waals surface area contributed by atoms with Gasteiger partial charge in [-0.15, -0.1) is 0 Å². The molecule has 1 atom stereocenters. The van der Waals surface area contributed by atoms with Gasteiger partial charge in [0.2, 0.25) is 0 Å². The summed E-state index contributed by atoms with van der Waals surface area (Å²) in [5, 5.41) is 0. The van der Waals surface area contributed by atoms with Crippen LogP contribution in [-0.2, 0) is 8.85 Å². The van der Waals surface area contributed by atoms with Gasteiger partial charge in [0.1, 0.15) is 0 Å². The Morgan fingerprint density at radius 3 is 2.58 bits per heavy atom. The Balaban J connectivity index is 2.91. The quantitative estimate of drug-likeness (QED) is 0.613. The summed E-state index contributed by atoms with van der Waals surface area (Å²) < 4.78 is 11.3. The predicted octanol–water partition coefficient (Wildman–Crippen LogP) is 1.88. The maximum Gasteiger partial charge on any atom is 0.366 e. The predicted molar refractivity (Wildman–Crippen MR) is 52.4 cm³/mol. The van der Waals surface area contributed by atoms with Crippen LogP contribution < -0.4 is 0 Å². The molecule has 1 rings (SSSR count). The molecule has 0 fully saturated rings. The van der Waals surface area contributed by atoms with Crippen molar-refractivity contribution in [3.8, 4) is 0 Å². The largest absolute Gasteiger partial charge is 0.528 e. The summed E-state index contributed by atoms with van der Waals surface area (Å²) in [6.07, 6.45) is 2.04. The van der Waals surface area contributed by atoms with Gasteiger partial charge < -0.3 is 8.85 Å². The highest BCUT2D eigenvalue weighted by Gasteiger charge is 2.31.